The van der Waals surface area contributed by atoms with Crippen LogP contribution in [0.4, 0.5) is 22.6 Å². The third kappa shape index (κ3) is 19.4. The van der Waals surface area contributed by atoms with E-state index >= 15 is 0 Å². The molecule has 0 aromatic rings. The minimum Gasteiger partial charge on any atom is -0.269 e. The molecule has 0 aromatic carbocycles. The second kappa shape index (κ2) is 5.17. The maximum atomic E-state index is 10.7. The first kappa shape index (κ1) is 15.7. The highest BCUT2D eigenvalue weighted by atomic mass is 19.4. The Kier molecular flexibility index (Phi) is 9.01. The molecule has 0 aliphatic heterocycles. The first-order chi connectivity index (χ1) is 3.06. The van der Waals surface area contributed by atoms with Crippen molar-refractivity contribution in [2.75, 3.05) is 0 Å². The second-order valence-corrected chi connectivity index (χ2v) is 0.691. The van der Waals surface area contributed by atoms with E-state index in [2.05, 4.69) is 0 Å². The second-order valence-electron chi connectivity index (χ2n) is 0.691. The Morgan fingerprint density at radius 3 is 1.56 bits per heavy atom. The van der Waals surface area contributed by atoms with Crippen molar-refractivity contribution in [3.05, 3.63) is 0 Å². The number of hydrogen-bond acceptors (Lipinski definition) is 2. The molecule has 1 N–H and O–H groups in total. The molecule has 0 spiro atoms. The van der Waals surface area contributed by atoms with Gasteiger partial charge in [-0.15, -0.1) is 18.2 Å². The molecule has 0 fully saturated rings. The number of halogens is 5. The van der Waals surface area contributed by atoms with Crippen LogP contribution in [0.3, 0.4) is 0 Å². The molecular weight excluding hydrogens is 147 g/mol. The van der Waals surface area contributed by atoms with Gasteiger partial charge >= 0.3 is 6.30 Å². The van der Waals surface area contributed by atoms with Gasteiger partial charge in [0.25, 0.3) is 0 Å². The van der Waals surface area contributed by atoms with Gasteiger partial charge in [0, 0.05) is 0 Å². The largest absolute Gasteiger partial charge is 0.512 e. The Hall–Kier alpha value is -0.970. The van der Waals surface area contributed by atoms with Crippen molar-refractivity contribution in [1.82, 2.24) is 0 Å². The van der Waals surface area contributed by atoms with Crippen LogP contribution in [0.5, 0.6) is 0 Å². The molecule has 0 heterocycles. The van der Waals surface area contributed by atoms with Gasteiger partial charge in [-0.1, -0.05) is 0 Å². The van der Waals surface area contributed by atoms with E-state index in [0.29, 0.717) is 0 Å². The van der Waals surface area contributed by atoms with E-state index < -0.39 is 6.30 Å². The van der Waals surface area contributed by atoms with E-state index in [4.69, 9.17) is 5.41 Å². The highest BCUT2D eigenvalue weighted by Crippen LogP contribution is 2.13. The maximum absolute atomic E-state index is 10.7. The highest BCUT2D eigenvalue weighted by molar-refractivity contribution is 5.35. The minimum absolute atomic E-state index is 0. The Bertz CT molecular complexity index is 100. The number of nitrogens with one attached hydrogen (secondary N) is 1. The number of alkyl halides is 3. The van der Waals surface area contributed by atoms with E-state index in [1.54, 1.807) is 4.99 Å². The smallest absolute Gasteiger partial charge is 0.269 e. The molecule has 9 heavy (non-hydrogen) atoms. The average molecular weight is 150 g/mol. The van der Waals surface area contributed by atoms with Crippen molar-refractivity contribution in [3.8, 4) is 0 Å². The Morgan fingerprint density at radius 2 is 1.56 bits per heavy atom. The van der Waals surface area contributed by atoms with Crippen molar-refractivity contribution in [3.63, 3.8) is 0 Å². The molecule has 0 rings (SSSR count). The van der Waals surface area contributed by atoms with Crippen LogP contribution < -0.4 is 0 Å². The van der Waals surface area contributed by atoms with Crippen LogP contribution in [0.2, 0.25) is 0 Å². The molecule has 0 saturated carbocycles. The van der Waals surface area contributed by atoms with Crippen LogP contribution in [0, 0.1) is 5.41 Å². The molecule has 0 atom stereocenters. The standard InChI is InChI=1S/C2HF3N2.2FH/c3-2(4,5)7-1-6;;/h6H;2*1H. The summed E-state index contributed by atoms with van der Waals surface area (Å²) in [4.78, 5) is 1.67. The molecule has 0 bridgehead atoms. The predicted molar refractivity (Wildman–Crippen MR) is 21.2 cm³/mol. The molecular formula is C2H3F5N2. The lowest BCUT2D eigenvalue weighted by molar-refractivity contribution is -0.118. The number of aliphatic imine (C=N–C) groups is 1. The normalized spacial score (nSPS) is 7.89. The quantitative estimate of drug-likeness (QED) is 0.309. The zero-order chi connectivity index (χ0) is 5.91. The third-order valence-electron chi connectivity index (χ3n) is 0.183. The summed E-state index contributed by atoms with van der Waals surface area (Å²) < 4.78 is 32.1. The first-order valence-electron chi connectivity index (χ1n) is 1.26. The monoisotopic (exact) mass is 150 g/mol. The lowest BCUT2D eigenvalue weighted by Gasteiger charge is -1.89. The summed E-state index contributed by atoms with van der Waals surface area (Å²) in [5.74, 6) is 0. The van der Waals surface area contributed by atoms with Crippen LogP contribution in [-0.4, -0.2) is 12.3 Å². The SMILES string of the molecule is F.F.N=C=NC(F)(F)F. The Balaban J connectivity index is -0.000000180. The van der Waals surface area contributed by atoms with Crippen LogP contribution in [0.1, 0.15) is 0 Å². The van der Waals surface area contributed by atoms with E-state index in [-0.39, 0.29) is 9.41 Å². The molecule has 0 radical (unpaired) electrons. The van der Waals surface area contributed by atoms with Crippen molar-refractivity contribution in [1.29, 1.82) is 5.41 Å². The van der Waals surface area contributed by atoms with Gasteiger partial charge in [-0.3, -0.25) is 9.41 Å². The van der Waals surface area contributed by atoms with Crippen molar-refractivity contribution in [2.45, 2.75) is 6.30 Å². The fraction of sp³-hybridized carbons (Fsp3) is 0.500. The Labute approximate surface area is 46.6 Å². The summed E-state index contributed by atoms with van der Waals surface area (Å²) in [6, 6.07) is 0.858. The van der Waals surface area contributed by atoms with Gasteiger partial charge in [-0.2, -0.15) is 0 Å². The number of rotatable bonds is 0. The number of hydrogen-bond donors (Lipinski definition) is 1. The van der Waals surface area contributed by atoms with Crippen LogP contribution >= 0.6 is 0 Å². The molecule has 7 heteroatoms. The van der Waals surface area contributed by atoms with Gasteiger partial charge in [-0.05, 0) is 0 Å². The summed E-state index contributed by atoms with van der Waals surface area (Å²) in [7, 11) is 0. The van der Waals surface area contributed by atoms with E-state index in [0.717, 1.165) is 6.01 Å². The third-order valence-corrected chi connectivity index (χ3v) is 0.183. The average Bonchev–Trinajstić information content (AvgIpc) is 1.30. The molecule has 56 valence electrons. The fourth-order valence-electron chi connectivity index (χ4n) is 0.0634. The van der Waals surface area contributed by atoms with Gasteiger partial charge in [0.05, 0.1) is 6.01 Å². The van der Waals surface area contributed by atoms with Gasteiger partial charge in [-0.25, -0.2) is 5.41 Å². The fourth-order valence-corrected chi connectivity index (χ4v) is 0.0634. The summed E-state index contributed by atoms with van der Waals surface area (Å²) >= 11 is 0. The Morgan fingerprint density at radius 1 is 1.22 bits per heavy atom. The lowest BCUT2D eigenvalue weighted by atomic mass is 11.2. The zero-order valence-corrected chi connectivity index (χ0v) is 3.90. The minimum atomic E-state index is -4.62. The van der Waals surface area contributed by atoms with Crippen LogP contribution in [-0.2, 0) is 0 Å². The van der Waals surface area contributed by atoms with Crippen molar-refractivity contribution >= 4 is 6.01 Å². The van der Waals surface area contributed by atoms with E-state index in [9.17, 15) is 13.2 Å². The molecule has 0 saturated heterocycles. The number of nitrogens with zero attached hydrogens (tertiary/aromatic N) is 1. The zero-order valence-electron chi connectivity index (χ0n) is 3.90. The van der Waals surface area contributed by atoms with Gasteiger partial charge in [0.1, 0.15) is 0 Å². The first-order valence-corrected chi connectivity index (χ1v) is 1.26. The van der Waals surface area contributed by atoms with Crippen molar-refractivity contribution in [2.24, 2.45) is 4.99 Å². The van der Waals surface area contributed by atoms with Gasteiger partial charge in [0.15, 0.2) is 0 Å². The lowest BCUT2D eigenvalue weighted by Crippen LogP contribution is -1.99. The van der Waals surface area contributed by atoms with Gasteiger partial charge in [0.2, 0.25) is 0 Å². The highest BCUT2D eigenvalue weighted by Gasteiger charge is 2.24. The summed E-state index contributed by atoms with van der Waals surface area (Å²) in [6.45, 7) is 0. The molecule has 2 nitrogen and oxygen atoms in total. The molecule has 0 aliphatic rings. The van der Waals surface area contributed by atoms with Crippen LogP contribution in [0.15, 0.2) is 4.99 Å². The molecule has 0 aliphatic carbocycles. The topological polar surface area (TPSA) is 36.2 Å². The predicted octanol–water partition coefficient (Wildman–Crippen LogP) is 1.56. The summed E-state index contributed by atoms with van der Waals surface area (Å²) in [5, 5.41) is 5.72. The van der Waals surface area contributed by atoms with Crippen molar-refractivity contribution < 1.29 is 22.6 Å². The van der Waals surface area contributed by atoms with Gasteiger partial charge < -0.3 is 0 Å². The molecule has 0 aromatic heterocycles. The van der Waals surface area contributed by atoms with Crippen LogP contribution in [0.25, 0.3) is 0 Å². The molecule has 0 amide bonds. The summed E-state index contributed by atoms with van der Waals surface area (Å²) in [6.07, 6.45) is -4.62. The summed E-state index contributed by atoms with van der Waals surface area (Å²) in [5.41, 5.74) is 0. The van der Waals surface area contributed by atoms with E-state index in [1.165, 1.54) is 0 Å². The maximum Gasteiger partial charge on any atom is 0.512 e. The molecule has 0 unspecified atom stereocenters. The van der Waals surface area contributed by atoms with E-state index in [1.807, 2.05) is 0 Å².